The molecular formula is C24H25ClN4O3S. The smallest absolute Gasteiger partial charge is 0.330 e. The first-order valence-corrected chi connectivity index (χ1v) is 11.8. The standard InChI is InChI=1S/C24H25ClN4O3S/c1-26-15-18(23(31)27(2)24(26)32)6-9-22(30)29-12-10-28(11-13-29)16-20-7-8-21(33-20)17-4-3-5-19(25)14-17/h3-9,14-15H,10-13,16H2,1-2H3/b9-6+. The van der Waals surface area contributed by atoms with Gasteiger partial charge in [0.2, 0.25) is 5.91 Å². The fourth-order valence-corrected chi connectivity index (χ4v) is 5.06. The van der Waals surface area contributed by atoms with Gasteiger partial charge < -0.3 is 9.47 Å². The molecular weight excluding hydrogens is 460 g/mol. The Morgan fingerprint density at radius 2 is 1.85 bits per heavy atom. The molecule has 9 heteroatoms. The molecule has 0 unspecified atom stereocenters. The number of rotatable bonds is 5. The van der Waals surface area contributed by atoms with Crippen LogP contribution in [0.5, 0.6) is 0 Å². The predicted octanol–water partition coefficient (Wildman–Crippen LogP) is 2.82. The Balaban J connectivity index is 1.33. The van der Waals surface area contributed by atoms with E-state index in [-0.39, 0.29) is 5.91 Å². The first kappa shape index (κ1) is 23.2. The number of aromatic nitrogens is 2. The average Bonchev–Trinajstić information content (AvgIpc) is 3.28. The van der Waals surface area contributed by atoms with E-state index in [1.54, 1.807) is 23.3 Å². The Bertz CT molecular complexity index is 1320. The molecule has 0 aliphatic carbocycles. The number of hydrogen-bond donors (Lipinski definition) is 0. The second kappa shape index (κ2) is 9.91. The fourth-order valence-electron chi connectivity index (χ4n) is 3.82. The summed E-state index contributed by atoms with van der Waals surface area (Å²) in [5, 5.41) is 0.731. The third-order valence-electron chi connectivity index (χ3n) is 5.71. The summed E-state index contributed by atoms with van der Waals surface area (Å²) in [6, 6.07) is 12.1. The number of hydrogen-bond acceptors (Lipinski definition) is 5. The van der Waals surface area contributed by atoms with Crippen molar-refractivity contribution in [1.82, 2.24) is 18.9 Å². The van der Waals surface area contributed by atoms with Gasteiger partial charge in [-0.15, -0.1) is 11.3 Å². The van der Waals surface area contributed by atoms with Gasteiger partial charge in [0.1, 0.15) is 0 Å². The van der Waals surface area contributed by atoms with Gasteiger partial charge >= 0.3 is 5.69 Å². The minimum absolute atomic E-state index is 0.134. The number of nitrogens with zero attached hydrogens (tertiary/aromatic N) is 4. The molecule has 1 fully saturated rings. The third kappa shape index (κ3) is 5.35. The molecule has 0 bridgehead atoms. The highest BCUT2D eigenvalue weighted by Gasteiger charge is 2.20. The number of carbonyl (C=O) groups excluding carboxylic acids is 1. The van der Waals surface area contributed by atoms with Gasteiger partial charge in [-0.25, -0.2) is 4.79 Å². The van der Waals surface area contributed by atoms with E-state index in [1.807, 2.05) is 18.2 Å². The van der Waals surface area contributed by atoms with Crippen molar-refractivity contribution in [2.75, 3.05) is 26.2 Å². The molecule has 1 aromatic carbocycles. The molecule has 1 aliphatic heterocycles. The van der Waals surface area contributed by atoms with Crippen LogP contribution < -0.4 is 11.2 Å². The van der Waals surface area contributed by atoms with Gasteiger partial charge in [-0.3, -0.25) is 19.1 Å². The molecule has 33 heavy (non-hydrogen) atoms. The summed E-state index contributed by atoms with van der Waals surface area (Å²) >= 11 is 7.87. The molecule has 1 amide bonds. The summed E-state index contributed by atoms with van der Waals surface area (Å²) in [5.41, 5.74) is 0.610. The van der Waals surface area contributed by atoms with Gasteiger partial charge in [0.25, 0.3) is 5.56 Å². The van der Waals surface area contributed by atoms with E-state index in [1.165, 1.54) is 39.7 Å². The molecule has 0 spiro atoms. The summed E-state index contributed by atoms with van der Waals surface area (Å²) in [4.78, 5) is 43.2. The zero-order valence-corrected chi connectivity index (χ0v) is 20.1. The molecule has 3 aromatic rings. The first-order chi connectivity index (χ1) is 15.8. The number of piperazine rings is 1. The van der Waals surface area contributed by atoms with Crippen molar-refractivity contribution < 1.29 is 4.79 Å². The predicted molar refractivity (Wildman–Crippen MR) is 133 cm³/mol. The zero-order valence-electron chi connectivity index (χ0n) is 18.5. The fraction of sp³-hybridized carbons (Fsp3) is 0.292. The maximum atomic E-state index is 12.6. The van der Waals surface area contributed by atoms with Crippen molar-refractivity contribution in [1.29, 1.82) is 0 Å². The Labute approximate surface area is 200 Å². The quantitative estimate of drug-likeness (QED) is 0.522. The monoisotopic (exact) mass is 484 g/mol. The summed E-state index contributed by atoms with van der Waals surface area (Å²) in [6.07, 6.45) is 4.35. The maximum Gasteiger partial charge on any atom is 0.330 e. The summed E-state index contributed by atoms with van der Waals surface area (Å²) in [6.45, 7) is 3.66. The number of benzene rings is 1. The van der Waals surface area contributed by atoms with Crippen molar-refractivity contribution in [2.24, 2.45) is 14.1 Å². The molecule has 3 heterocycles. The van der Waals surface area contributed by atoms with E-state index >= 15 is 0 Å². The van der Waals surface area contributed by atoms with Crippen molar-refractivity contribution in [3.05, 3.63) is 85.0 Å². The second-order valence-corrected chi connectivity index (χ2v) is 9.66. The molecule has 0 N–H and O–H groups in total. The SMILES string of the molecule is Cn1cc(/C=C/C(=O)N2CCN(Cc3ccc(-c4cccc(Cl)c4)s3)CC2)c(=O)n(C)c1=O. The first-order valence-electron chi connectivity index (χ1n) is 10.6. The Kier molecular flexibility index (Phi) is 6.97. The number of carbonyl (C=O) groups is 1. The lowest BCUT2D eigenvalue weighted by molar-refractivity contribution is -0.127. The normalized spacial score (nSPS) is 14.8. The largest absolute Gasteiger partial charge is 0.337 e. The number of amides is 1. The highest BCUT2D eigenvalue weighted by atomic mass is 35.5. The van der Waals surface area contributed by atoms with Gasteiger partial charge in [-0.2, -0.15) is 0 Å². The lowest BCUT2D eigenvalue weighted by Crippen LogP contribution is -2.47. The van der Waals surface area contributed by atoms with Crippen LogP contribution in [-0.4, -0.2) is 51.0 Å². The Morgan fingerprint density at radius 3 is 2.58 bits per heavy atom. The molecule has 0 saturated carbocycles. The van der Waals surface area contributed by atoms with Crippen LogP contribution >= 0.6 is 22.9 Å². The molecule has 172 valence electrons. The van der Waals surface area contributed by atoms with E-state index in [2.05, 4.69) is 23.1 Å². The van der Waals surface area contributed by atoms with Crippen LogP contribution in [0.15, 0.2) is 58.3 Å². The van der Waals surface area contributed by atoms with Crippen LogP contribution in [0, 0.1) is 0 Å². The summed E-state index contributed by atoms with van der Waals surface area (Å²) in [7, 11) is 3.00. The van der Waals surface area contributed by atoms with Gasteiger partial charge in [0, 0.05) is 73.9 Å². The molecule has 7 nitrogen and oxygen atoms in total. The van der Waals surface area contributed by atoms with Crippen LogP contribution in [0.4, 0.5) is 0 Å². The van der Waals surface area contributed by atoms with Crippen LogP contribution in [0.1, 0.15) is 10.4 Å². The van der Waals surface area contributed by atoms with E-state index in [0.717, 1.165) is 34.8 Å². The van der Waals surface area contributed by atoms with Crippen LogP contribution in [0.2, 0.25) is 5.02 Å². The summed E-state index contributed by atoms with van der Waals surface area (Å²) in [5.74, 6) is -0.134. The van der Waals surface area contributed by atoms with E-state index in [4.69, 9.17) is 11.6 Å². The molecule has 1 saturated heterocycles. The van der Waals surface area contributed by atoms with Crippen molar-refractivity contribution in [2.45, 2.75) is 6.54 Å². The zero-order chi connectivity index (χ0) is 23.5. The van der Waals surface area contributed by atoms with Gasteiger partial charge in [0.05, 0.1) is 5.56 Å². The maximum absolute atomic E-state index is 12.6. The van der Waals surface area contributed by atoms with E-state index in [0.29, 0.717) is 18.7 Å². The minimum Gasteiger partial charge on any atom is -0.337 e. The van der Waals surface area contributed by atoms with E-state index < -0.39 is 11.2 Å². The highest BCUT2D eigenvalue weighted by molar-refractivity contribution is 7.15. The molecule has 1 aliphatic rings. The van der Waals surface area contributed by atoms with Crippen LogP contribution in [-0.2, 0) is 25.4 Å². The van der Waals surface area contributed by atoms with Gasteiger partial charge in [-0.05, 0) is 35.9 Å². The molecule has 0 atom stereocenters. The lowest BCUT2D eigenvalue weighted by atomic mass is 10.2. The second-order valence-electron chi connectivity index (χ2n) is 8.05. The molecule has 4 rings (SSSR count). The number of thiophene rings is 1. The molecule has 0 radical (unpaired) electrons. The van der Waals surface area contributed by atoms with Crippen LogP contribution in [0.25, 0.3) is 16.5 Å². The average molecular weight is 485 g/mol. The Morgan fingerprint density at radius 1 is 1.09 bits per heavy atom. The minimum atomic E-state index is -0.417. The summed E-state index contributed by atoms with van der Waals surface area (Å²) < 4.78 is 2.36. The Hall–Kier alpha value is -2.94. The lowest BCUT2D eigenvalue weighted by Gasteiger charge is -2.34. The topological polar surface area (TPSA) is 67.6 Å². The third-order valence-corrected chi connectivity index (χ3v) is 7.07. The number of halogens is 1. The highest BCUT2D eigenvalue weighted by Crippen LogP contribution is 2.30. The van der Waals surface area contributed by atoms with Crippen molar-refractivity contribution in [3.63, 3.8) is 0 Å². The van der Waals surface area contributed by atoms with Gasteiger partial charge in [0.15, 0.2) is 0 Å². The van der Waals surface area contributed by atoms with Crippen molar-refractivity contribution in [3.8, 4) is 10.4 Å². The van der Waals surface area contributed by atoms with Crippen molar-refractivity contribution >= 4 is 34.9 Å². The molecule has 2 aromatic heterocycles. The van der Waals surface area contributed by atoms with E-state index in [9.17, 15) is 14.4 Å². The number of aryl methyl sites for hydroxylation is 1. The van der Waals surface area contributed by atoms with Gasteiger partial charge in [-0.1, -0.05) is 23.7 Å². The van der Waals surface area contributed by atoms with Crippen LogP contribution in [0.3, 0.4) is 0 Å².